The molecule has 0 unspecified atom stereocenters. The molecule has 0 spiro atoms. The molecule has 0 radical (unpaired) electrons. The molecule has 0 saturated carbocycles. The Morgan fingerprint density at radius 3 is 2.76 bits per heavy atom. The van der Waals surface area contributed by atoms with Crippen LogP contribution in [0.5, 0.6) is 0 Å². The molecule has 5 heteroatoms. The Hall–Kier alpha value is -2.07. The van der Waals surface area contributed by atoms with E-state index in [9.17, 15) is 4.79 Å². The zero-order valence-electron chi connectivity index (χ0n) is 11.6. The van der Waals surface area contributed by atoms with E-state index in [1.807, 2.05) is 18.2 Å². The van der Waals surface area contributed by atoms with Crippen LogP contribution in [-0.4, -0.2) is 24.0 Å². The van der Waals surface area contributed by atoms with E-state index in [1.54, 1.807) is 12.1 Å². The van der Waals surface area contributed by atoms with Gasteiger partial charge in [0.05, 0.1) is 0 Å². The number of hydrogen-bond acceptors (Lipinski definition) is 3. The Morgan fingerprint density at radius 2 is 2.00 bits per heavy atom. The van der Waals surface area contributed by atoms with Gasteiger partial charge in [-0.2, -0.15) is 0 Å². The number of nitrogens with one attached hydrogen (secondary N) is 1. The van der Waals surface area contributed by atoms with Gasteiger partial charge in [0.25, 0.3) is 5.91 Å². The summed E-state index contributed by atoms with van der Waals surface area (Å²) in [7, 11) is 0. The Labute approximate surface area is 128 Å². The normalized spacial score (nSPS) is 14.2. The number of aromatic nitrogens is 1. The fourth-order valence-corrected chi connectivity index (χ4v) is 2.64. The summed E-state index contributed by atoms with van der Waals surface area (Å²) in [6.45, 7) is 2.15. The van der Waals surface area contributed by atoms with Crippen molar-refractivity contribution < 1.29 is 4.79 Å². The van der Waals surface area contributed by atoms with Gasteiger partial charge in [-0.05, 0) is 43.2 Å². The summed E-state index contributed by atoms with van der Waals surface area (Å²) in [5, 5.41) is 3.36. The van der Waals surface area contributed by atoms with Crippen LogP contribution in [0.4, 0.5) is 11.4 Å². The quantitative estimate of drug-likeness (QED) is 0.942. The molecule has 1 aromatic heterocycles. The Morgan fingerprint density at radius 1 is 1.19 bits per heavy atom. The molecule has 21 heavy (non-hydrogen) atoms. The van der Waals surface area contributed by atoms with Crippen LogP contribution in [0.2, 0.25) is 5.02 Å². The van der Waals surface area contributed by atoms with Crippen LogP contribution in [-0.2, 0) is 0 Å². The second-order valence-electron chi connectivity index (χ2n) is 5.06. The van der Waals surface area contributed by atoms with Crippen LogP contribution < -0.4 is 10.2 Å². The van der Waals surface area contributed by atoms with Gasteiger partial charge in [0.15, 0.2) is 0 Å². The highest BCUT2D eigenvalue weighted by Gasteiger charge is 2.13. The third kappa shape index (κ3) is 3.34. The highest BCUT2D eigenvalue weighted by molar-refractivity contribution is 6.30. The van der Waals surface area contributed by atoms with Gasteiger partial charge in [-0.1, -0.05) is 17.7 Å². The first-order valence-corrected chi connectivity index (χ1v) is 7.38. The van der Waals surface area contributed by atoms with Crippen LogP contribution in [0.1, 0.15) is 23.3 Å². The maximum absolute atomic E-state index is 12.2. The second kappa shape index (κ2) is 6.14. The predicted octanol–water partition coefficient (Wildman–Crippen LogP) is 3.59. The van der Waals surface area contributed by atoms with E-state index in [0.717, 1.165) is 24.5 Å². The second-order valence-corrected chi connectivity index (χ2v) is 5.49. The first kappa shape index (κ1) is 13.9. The number of amides is 1. The minimum Gasteiger partial charge on any atom is -0.371 e. The third-order valence-corrected chi connectivity index (χ3v) is 3.76. The van der Waals surface area contributed by atoms with E-state index in [0.29, 0.717) is 10.7 Å². The van der Waals surface area contributed by atoms with Crippen LogP contribution >= 0.6 is 11.6 Å². The number of rotatable bonds is 3. The fourth-order valence-electron chi connectivity index (χ4n) is 2.48. The molecular formula is C16H16ClN3O. The number of pyridine rings is 1. The molecule has 2 heterocycles. The molecular weight excluding hydrogens is 286 g/mol. The van der Waals surface area contributed by atoms with Gasteiger partial charge < -0.3 is 10.2 Å². The molecule has 4 nitrogen and oxygen atoms in total. The third-order valence-electron chi connectivity index (χ3n) is 3.53. The smallest absolute Gasteiger partial charge is 0.274 e. The molecule has 1 saturated heterocycles. The van der Waals surface area contributed by atoms with E-state index >= 15 is 0 Å². The predicted molar refractivity (Wildman–Crippen MR) is 85.1 cm³/mol. The van der Waals surface area contributed by atoms with Crippen LogP contribution in [0.15, 0.2) is 42.6 Å². The summed E-state index contributed by atoms with van der Waals surface area (Å²) >= 11 is 5.88. The molecule has 1 amide bonds. The Kier molecular flexibility index (Phi) is 4.06. The number of benzene rings is 1. The lowest BCUT2D eigenvalue weighted by Gasteiger charge is -2.18. The highest BCUT2D eigenvalue weighted by atomic mass is 35.5. The number of carbonyl (C=O) groups excluding carboxylic acids is 1. The van der Waals surface area contributed by atoms with Crippen molar-refractivity contribution in [3.8, 4) is 0 Å². The van der Waals surface area contributed by atoms with Gasteiger partial charge in [-0.15, -0.1) is 0 Å². The number of nitrogens with zero attached hydrogens (tertiary/aromatic N) is 2. The highest BCUT2D eigenvalue weighted by Crippen LogP contribution is 2.23. The minimum atomic E-state index is -0.254. The van der Waals surface area contributed by atoms with Gasteiger partial charge in [-0.3, -0.25) is 9.78 Å². The average molecular weight is 302 g/mol. The average Bonchev–Trinajstić information content (AvgIpc) is 3.02. The van der Waals surface area contributed by atoms with Crippen LogP contribution in [0, 0.1) is 0 Å². The maximum atomic E-state index is 12.2. The molecule has 1 fully saturated rings. The summed E-state index contributed by atoms with van der Waals surface area (Å²) in [5.41, 5.74) is 2.23. The molecule has 1 aromatic carbocycles. The zero-order valence-corrected chi connectivity index (χ0v) is 12.3. The van der Waals surface area contributed by atoms with E-state index in [-0.39, 0.29) is 5.91 Å². The van der Waals surface area contributed by atoms with E-state index in [1.165, 1.54) is 19.0 Å². The lowest BCUT2D eigenvalue weighted by Crippen LogP contribution is -2.18. The number of carbonyl (C=O) groups is 1. The fraction of sp³-hybridized carbons (Fsp3) is 0.250. The number of hydrogen-bond donors (Lipinski definition) is 1. The van der Waals surface area contributed by atoms with E-state index in [2.05, 4.69) is 21.3 Å². The SMILES string of the molecule is O=C(Nc1cccc(N2CCCC2)c1)c1cc(Cl)ccn1. The lowest BCUT2D eigenvalue weighted by atomic mass is 10.2. The number of anilines is 2. The molecule has 0 aliphatic carbocycles. The van der Waals surface area contributed by atoms with Crippen LogP contribution in [0.3, 0.4) is 0 Å². The van der Waals surface area contributed by atoms with E-state index in [4.69, 9.17) is 11.6 Å². The van der Waals surface area contributed by atoms with Crippen molar-refractivity contribution in [2.45, 2.75) is 12.8 Å². The number of halogens is 1. The summed E-state index contributed by atoms with van der Waals surface area (Å²) in [6, 6.07) is 11.1. The summed E-state index contributed by atoms with van der Waals surface area (Å²) in [6.07, 6.45) is 3.98. The van der Waals surface area contributed by atoms with Gasteiger partial charge in [0, 0.05) is 35.7 Å². The molecule has 1 N–H and O–H groups in total. The van der Waals surface area contributed by atoms with Crippen molar-refractivity contribution in [3.63, 3.8) is 0 Å². The summed E-state index contributed by atoms with van der Waals surface area (Å²) in [4.78, 5) is 18.5. The maximum Gasteiger partial charge on any atom is 0.274 e. The van der Waals surface area contributed by atoms with Gasteiger partial charge in [0.2, 0.25) is 0 Å². The molecule has 3 rings (SSSR count). The Balaban J connectivity index is 1.75. The Bertz CT molecular complexity index is 653. The molecule has 0 atom stereocenters. The molecule has 1 aliphatic heterocycles. The molecule has 0 bridgehead atoms. The molecule has 2 aromatic rings. The van der Waals surface area contributed by atoms with Crippen molar-refractivity contribution in [1.82, 2.24) is 4.98 Å². The van der Waals surface area contributed by atoms with Gasteiger partial charge in [0.1, 0.15) is 5.69 Å². The zero-order chi connectivity index (χ0) is 14.7. The van der Waals surface area contributed by atoms with Crippen molar-refractivity contribution in [2.75, 3.05) is 23.3 Å². The largest absolute Gasteiger partial charge is 0.371 e. The van der Waals surface area contributed by atoms with Gasteiger partial charge in [-0.25, -0.2) is 0 Å². The van der Waals surface area contributed by atoms with Crippen molar-refractivity contribution in [2.24, 2.45) is 0 Å². The lowest BCUT2D eigenvalue weighted by molar-refractivity contribution is 0.102. The van der Waals surface area contributed by atoms with Crippen molar-refractivity contribution in [3.05, 3.63) is 53.3 Å². The molecule has 1 aliphatic rings. The summed E-state index contributed by atoms with van der Waals surface area (Å²) in [5.74, 6) is -0.254. The van der Waals surface area contributed by atoms with Gasteiger partial charge >= 0.3 is 0 Å². The minimum absolute atomic E-state index is 0.254. The van der Waals surface area contributed by atoms with E-state index < -0.39 is 0 Å². The van der Waals surface area contributed by atoms with Crippen molar-refractivity contribution in [1.29, 1.82) is 0 Å². The first-order chi connectivity index (χ1) is 10.2. The summed E-state index contributed by atoms with van der Waals surface area (Å²) < 4.78 is 0. The monoisotopic (exact) mass is 301 g/mol. The van der Waals surface area contributed by atoms with Crippen LogP contribution in [0.25, 0.3) is 0 Å². The topological polar surface area (TPSA) is 45.2 Å². The van der Waals surface area contributed by atoms with Crippen molar-refractivity contribution >= 4 is 28.9 Å². The molecule has 108 valence electrons. The standard InChI is InChI=1S/C16H16ClN3O/c17-12-6-7-18-15(10-12)16(21)19-13-4-3-5-14(11-13)20-8-1-2-9-20/h3-7,10-11H,1-2,8-9H2,(H,19,21). The first-order valence-electron chi connectivity index (χ1n) is 7.00.